The number of rotatable bonds is 6. The van der Waals surface area contributed by atoms with Crippen molar-refractivity contribution in [2.24, 2.45) is 4.99 Å². The molecule has 2 aliphatic rings. The molecule has 0 radical (unpaired) electrons. The van der Waals surface area contributed by atoms with E-state index in [4.69, 9.17) is 4.74 Å². The summed E-state index contributed by atoms with van der Waals surface area (Å²) >= 11 is 0. The van der Waals surface area contributed by atoms with E-state index >= 15 is 0 Å². The first-order valence-electron chi connectivity index (χ1n) is 10.7. The summed E-state index contributed by atoms with van der Waals surface area (Å²) in [5, 5.41) is 6.88. The van der Waals surface area contributed by atoms with Gasteiger partial charge in [0.1, 0.15) is 5.60 Å². The summed E-state index contributed by atoms with van der Waals surface area (Å²) in [5.74, 6) is 0.871. The fraction of sp³-hybridized carbons (Fsp3) is 0.900. The lowest BCUT2D eigenvalue weighted by Crippen LogP contribution is -2.52. The SMILES string of the molecule is CCN1CCCC1CNC(=NC)NCCN1CCN(C(=O)OC(C)(C)C)CC1. The van der Waals surface area contributed by atoms with Gasteiger partial charge in [-0.2, -0.15) is 0 Å². The standard InChI is InChI=1S/C20H40N6O2/c1-6-25-10-7-8-17(25)16-23-18(21-5)22-9-11-24-12-14-26(15-13-24)19(27)28-20(2,3)4/h17H,6-16H2,1-5H3,(H2,21,22,23). The van der Waals surface area contributed by atoms with Crippen molar-refractivity contribution in [3.05, 3.63) is 0 Å². The molecule has 162 valence electrons. The third-order valence-electron chi connectivity index (χ3n) is 5.38. The number of nitrogens with zero attached hydrogens (tertiary/aromatic N) is 4. The zero-order chi connectivity index (χ0) is 20.6. The van der Waals surface area contributed by atoms with Crippen LogP contribution in [-0.2, 0) is 4.74 Å². The molecule has 1 amide bonds. The molecule has 0 bridgehead atoms. The molecule has 0 aromatic rings. The van der Waals surface area contributed by atoms with Crippen LogP contribution in [0.25, 0.3) is 0 Å². The van der Waals surface area contributed by atoms with Gasteiger partial charge >= 0.3 is 6.09 Å². The Morgan fingerprint density at radius 1 is 1.14 bits per heavy atom. The number of ether oxygens (including phenoxy) is 1. The number of hydrogen-bond acceptors (Lipinski definition) is 5. The molecule has 8 nitrogen and oxygen atoms in total. The summed E-state index contributed by atoms with van der Waals surface area (Å²) in [6, 6.07) is 0.615. The van der Waals surface area contributed by atoms with E-state index in [0.717, 1.165) is 58.3 Å². The zero-order valence-corrected chi connectivity index (χ0v) is 18.5. The lowest BCUT2D eigenvalue weighted by atomic mass is 10.2. The molecule has 2 heterocycles. The zero-order valence-electron chi connectivity index (χ0n) is 18.5. The van der Waals surface area contributed by atoms with Crippen molar-refractivity contribution in [2.45, 2.75) is 52.2 Å². The average Bonchev–Trinajstić information content (AvgIpc) is 3.11. The van der Waals surface area contributed by atoms with E-state index < -0.39 is 5.60 Å². The summed E-state index contributed by atoms with van der Waals surface area (Å²) in [5.41, 5.74) is -0.437. The van der Waals surface area contributed by atoms with Gasteiger partial charge in [0.15, 0.2) is 5.96 Å². The Balaban J connectivity index is 1.62. The Morgan fingerprint density at radius 2 is 1.86 bits per heavy atom. The van der Waals surface area contributed by atoms with Crippen molar-refractivity contribution in [3.8, 4) is 0 Å². The second-order valence-corrected chi connectivity index (χ2v) is 8.61. The highest BCUT2D eigenvalue weighted by Crippen LogP contribution is 2.15. The van der Waals surface area contributed by atoms with Gasteiger partial charge in [0.2, 0.25) is 0 Å². The first-order chi connectivity index (χ1) is 13.3. The minimum Gasteiger partial charge on any atom is -0.444 e. The first kappa shape index (κ1) is 22.7. The Kier molecular flexibility index (Phi) is 8.82. The Hall–Kier alpha value is -1.54. The van der Waals surface area contributed by atoms with Gasteiger partial charge in [-0.25, -0.2) is 4.79 Å². The van der Waals surface area contributed by atoms with Crippen LogP contribution in [0.15, 0.2) is 4.99 Å². The van der Waals surface area contributed by atoms with Crippen molar-refractivity contribution in [1.82, 2.24) is 25.3 Å². The number of hydrogen-bond donors (Lipinski definition) is 2. The van der Waals surface area contributed by atoms with Gasteiger partial charge in [0.25, 0.3) is 0 Å². The van der Waals surface area contributed by atoms with Crippen LogP contribution in [0.2, 0.25) is 0 Å². The van der Waals surface area contributed by atoms with Crippen molar-refractivity contribution in [1.29, 1.82) is 0 Å². The van der Waals surface area contributed by atoms with Gasteiger partial charge < -0.3 is 20.3 Å². The minimum atomic E-state index is -0.437. The van der Waals surface area contributed by atoms with Crippen molar-refractivity contribution >= 4 is 12.1 Å². The molecule has 2 saturated heterocycles. The maximum absolute atomic E-state index is 12.1. The third kappa shape index (κ3) is 7.47. The lowest BCUT2D eigenvalue weighted by molar-refractivity contribution is 0.0147. The smallest absolute Gasteiger partial charge is 0.410 e. The summed E-state index contributed by atoms with van der Waals surface area (Å²) in [6.45, 7) is 16.2. The fourth-order valence-electron chi connectivity index (χ4n) is 3.79. The highest BCUT2D eigenvalue weighted by molar-refractivity contribution is 5.79. The van der Waals surface area contributed by atoms with Gasteiger partial charge in [0.05, 0.1) is 0 Å². The van der Waals surface area contributed by atoms with E-state index in [9.17, 15) is 4.79 Å². The number of amides is 1. The second-order valence-electron chi connectivity index (χ2n) is 8.61. The second kappa shape index (κ2) is 10.9. The van der Waals surface area contributed by atoms with Crippen LogP contribution in [-0.4, -0.2) is 104 Å². The van der Waals surface area contributed by atoms with Crippen LogP contribution >= 0.6 is 0 Å². The molecule has 0 spiro atoms. The fourth-order valence-corrected chi connectivity index (χ4v) is 3.79. The van der Waals surface area contributed by atoms with E-state index in [1.165, 1.54) is 19.4 Å². The van der Waals surface area contributed by atoms with Gasteiger partial charge in [-0.3, -0.25) is 14.8 Å². The van der Waals surface area contributed by atoms with Crippen LogP contribution in [0.4, 0.5) is 4.79 Å². The average molecular weight is 397 g/mol. The van der Waals surface area contributed by atoms with E-state index in [1.54, 1.807) is 4.90 Å². The molecule has 0 aliphatic carbocycles. The number of aliphatic imine (C=N–C) groups is 1. The predicted octanol–water partition coefficient (Wildman–Crippen LogP) is 1.19. The number of piperazine rings is 1. The van der Waals surface area contributed by atoms with Crippen LogP contribution in [0, 0.1) is 0 Å². The molecule has 2 N–H and O–H groups in total. The van der Waals surface area contributed by atoms with Gasteiger partial charge in [-0.15, -0.1) is 0 Å². The van der Waals surface area contributed by atoms with Crippen molar-refractivity contribution in [2.75, 3.05) is 66.0 Å². The number of likely N-dealkylation sites (N-methyl/N-ethyl adjacent to an activating group) is 1. The molecular weight excluding hydrogens is 356 g/mol. The number of nitrogens with one attached hydrogen (secondary N) is 2. The summed E-state index contributed by atoms with van der Waals surface area (Å²) < 4.78 is 5.45. The predicted molar refractivity (Wildman–Crippen MR) is 114 cm³/mol. The molecule has 2 fully saturated rings. The third-order valence-corrected chi connectivity index (χ3v) is 5.38. The molecule has 0 aromatic carbocycles. The maximum atomic E-state index is 12.1. The molecule has 2 rings (SSSR count). The Morgan fingerprint density at radius 3 is 2.46 bits per heavy atom. The highest BCUT2D eigenvalue weighted by atomic mass is 16.6. The van der Waals surface area contributed by atoms with Crippen LogP contribution < -0.4 is 10.6 Å². The largest absolute Gasteiger partial charge is 0.444 e. The molecular formula is C20H40N6O2. The quantitative estimate of drug-likeness (QED) is 0.519. The van der Waals surface area contributed by atoms with Gasteiger partial charge in [0, 0.05) is 58.9 Å². The van der Waals surface area contributed by atoms with Crippen LogP contribution in [0.5, 0.6) is 0 Å². The van der Waals surface area contributed by atoms with E-state index in [1.807, 2.05) is 27.8 Å². The number of likely N-dealkylation sites (tertiary alicyclic amines) is 1. The molecule has 2 aliphatic heterocycles. The summed E-state index contributed by atoms with van der Waals surface area (Å²) in [4.78, 5) is 23.2. The lowest BCUT2D eigenvalue weighted by Gasteiger charge is -2.35. The molecule has 8 heteroatoms. The molecule has 1 atom stereocenters. The van der Waals surface area contributed by atoms with Gasteiger partial charge in [-0.1, -0.05) is 6.92 Å². The highest BCUT2D eigenvalue weighted by Gasteiger charge is 2.26. The number of guanidine groups is 1. The normalized spacial score (nSPS) is 22.4. The number of carbonyl (C=O) groups excluding carboxylic acids is 1. The van der Waals surface area contributed by atoms with Crippen molar-refractivity contribution in [3.63, 3.8) is 0 Å². The van der Waals surface area contributed by atoms with Crippen LogP contribution in [0.3, 0.4) is 0 Å². The van der Waals surface area contributed by atoms with Crippen molar-refractivity contribution < 1.29 is 9.53 Å². The molecule has 0 aromatic heterocycles. The first-order valence-corrected chi connectivity index (χ1v) is 10.7. The molecule has 0 saturated carbocycles. The maximum Gasteiger partial charge on any atom is 0.410 e. The van der Waals surface area contributed by atoms with E-state index in [0.29, 0.717) is 6.04 Å². The van der Waals surface area contributed by atoms with E-state index in [2.05, 4.69) is 32.3 Å². The summed E-state index contributed by atoms with van der Waals surface area (Å²) in [6.07, 6.45) is 2.35. The minimum absolute atomic E-state index is 0.206. The van der Waals surface area contributed by atoms with Crippen LogP contribution in [0.1, 0.15) is 40.5 Å². The number of carbonyl (C=O) groups is 1. The van der Waals surface area contributed by atoms with E-state index in [-0.39, 0.29) is 6.09 Å². The Labute approximate surface area is 170 Å². The monoisotopic (exact) mass is 396 g/mol. The summed E-state index contributed by atoms with van der Waals surface area (Å²) in [7, 11) is 1.82. The molecule has 28 heavy (non-hydrogen) atoms. The van der Waals surface area contributed by atoms with Gasteiger partial charge in [-0.05, 0) is 46.7 Å². The molecule has 1 unspecified atom stereocenters. The Bertz CT molecular complexity index is 511. The topological polar surface area (TPSA) is 72.4 Å².